The molecule has 4 aliphatic rings. The van der Waals surface area contributed by atoms with Crippen molar-refractivity contribution in [2.24, 2.45) is 17.8 Å². The Morgan fingerprint density at radius 3 is 2.49 bits per heavy atom. The number of fused-ring (bicyclic) bond motifs is 1. The summed E-state index contributed by atoms with van der Waals surface area (Å²) in [5, 5.41) is 11.4. The summed E-state index contributed by atoms with van der Waals surface area (Å²) in [4.78, 5) is 39.4. The highest BCUT2D eigenvalue weighted by atomic mass is 32.2. The van der Waals surface area contributed by atoms with Crippen LogP contribution in [0.4, 0.5) is 18.0 Å². The number of imide groups is 1. The van der Waals surface area contributed by atoms with Crippen LogP contribution in [0.3, 0.4) is 0 Å². The van der Waals surface area contributed by atoms with Gasteiger partial charge in [-0.2, -0.15) is 13.2 Å². The van der Waals surface area contributed by atoms with Crippen molar-refractivity contribution in [3.8, 4) is 0 Å². The maximum Gasteiger partial charge on any atom is 0.413 e. The molecule has 3 saturated heterocycles. The van der Waals surface area contributed by atoms with E-state index in [0.717, 1.165) is 0 Å². The number of carbonyl (C=O) groups is 3. The van der Waals surface area contributed by atoms with E-state index in [1.165, 1.54) is 11.8 Å². The highest BCUT2D eigenvalue weighted by molar-refractivity contribution is 8.00. The fourth-order valence-corrected chi connectivity index (χ4v) is 7.09. The number of ether oxygens (including phenoxy) is 1. The van der Waals surface area contributed by atoms with E-state index in [9.17, 15) is 27.6 Å². The van der Waals surface area contributed by atoms with E-state index >= 15 is 0 Å². The molecule has 0 aromatic heterocycles. The molecule has 5 unspecified atom stereocenters. The van der Waals surface area contributed by atoms with Crippen molar-refractivity contribution in [2.75, 3.05) is 32.0 Å². The molecule has 0 aromatic rings. The number of alkyl halides is 3. The van der Waals surface area contributed by atoms with Gasteiger partial charge in [0, 0.05) is 25.7 Å². The first-order valence-corrected chi connectivity index (χ1v) is 13.4. The van der Waals surface area contributed by atoms with E-state index < -0.39 is 41.4 Å². The van der Waals surface area contributed by atoms with Crippen molar-refractivity contribution in [3.05, 3.63) is 0 Å². The number of hydrogen-bond acceptors (Lipinski definition) is 8. The highest BCUT2D eigenvalue weighted by Crippen LogP contribution is 2.42. The summed E-state index contributed by atoms with van der Waals surface area (Å²) in [5.41, 5.74) is 0. The maximum absolute atomic E-state index is 13.1. The summed E-state index contributed by atoms with van der Waals surface area (Å²) in [6.45, 7) is 3.51. The molecule has 3 amide bonds. The number of rotatable bonds is 5. The predicted octanol–water partition coefficient (Wildman–Crippen LogP) is 1.39. The van der Waals surface area contributed by atoms with Crippen LogP contribution in [0.2, 0.25) is 0 Å². The topological polar surface area (TPSA) is 112 Å². The van der Waals surface area contributed by atoms with Gasteiger partial charge in [0.2, 0.25) is 11.8 Å². The van der Waals surface area contributed by atoms with Crippen LogP contribution in [0.15, 0.2) is 0 Å². The molecule has 0 aromatic carbocycles. The minimum atomic E-state index is -4.12. The van der Waals surface area contributed by atoms with Crippen molar-refractivity contribution in [3.63, 3.8) is 0 Å². The number of halogens is 3. The highest BCUT2D eigenvalue weighted by Gasteiger charge is 2.47. The number of piperazine rings is 1. The third-order valence-corrected chi connectivity index (χ3v) is 8.93. The average Bonchev–Trinajstić information content (AvgIpc) is 3.45. The molecule has 9 nitrogen and oxygen atoms in total. The second kappa shape index (κ2) is 11.2. The van der Waals surface area contributed by atoms with Crippen LogP contribution in [-0.2, 0) is 14.3 Å². The summed E-state index contributed by atoms with van der Waals surface area (Å²) >= 11 is 1.47. The minimum Gasteiger partial charge on any atom is -0.450 e. The monoisotopic (exact) mass is 521 g/mol. The summed E-state index contributed by atoms with van der Waals surface area (Å²) < 4.78 is 44.0. The van der Waals surface area contributed by atoms with Crippen molar-refractivity contribution in [1.82, 2.24) is 26.2 Å². The van der Waals surface area contributed by atoms with Gasteiger partial charge in [0.1, 0.15) is 0 Å². The number of nitrogens with zero attached hydrogens (tertiary/aromatic N) is 1. The second-order valence-electron chi connectivity index (χ2n) is 9.71. The second-order valence-corrected chi connectivity index (χ2v) is 11.0. The van der Waals surface area contributed by atoms with Gasteiger partial charge in [0.05, 0.1) is 36.0 Å². The Balaban J connectivity index is 1.30. The van der Waals surface area contributed by atoms with Crippen LogP contribution < -0.4 is 21.3 Å². The van der Waals surface area contributed by atoms with Gasteiger partial charge >= 0.3 is 12.3 Å². The molecule has 3 heterocycles. The lowest BCUT2D eigenvalue weighted by Gasteiger charge is -2.42. The van der Waals surface area contributed by atoms with Gasteiger partial charge < -0.3 is 15.4 Å². The van der Waals surface area contributed by atoms with Crippen LogP contribution in [0.5, 0.6) is 0 Å². The molecule has 35 heavy (non-hydrogen) atoms. The first-order valence-electron chi connectivity index (χ1n) is 12.4. The lowest BCUT2D eigenvalue weighted by atomic mass is 9.78. The van der Waals surface area contributed by atoms with E-state index in [1.54, 1.807) is 6.92 Å². The van der Waals surface area contributed by atoms with Gasteiger partial charge in [0.15, 0.2) is 0 Å². The summed E-state index contributed by atoms with van der Waals surface area (Å²) in [6.07, 6.45) is -2.91. The van der Waals surface area contributed by atoms with Crippen LogP contribution >= 0.6 is 11.8 Å². The van der Waals surface area contributed by atoms with Crippen LogP contribution in [0.25, 0.3) is 0 Å². The van der Waals surface area contributed by atoms with Crippen molar-refractivity contribution >= 4 is 29.7 Å². The lowest BCUT2D eigenvalue weighted by Crippen LogP contribution is -2.63. The molecular weight excluding hydrogens is 487 g/mol. The zero-order valence-corrected chi connectivity index (χ0v) is 20.6. The zero-order chi connectivity index (χ0) is 25.2. The van der Waals surface area contributed by atoms with E-state index in [1.807, 2.05) is 0 Å². The largest absolute Gasteiger partial charge is 0.450 e. The van der Waals surface area contributed by atoms with Gasteiger partial charge in [-0.25, -0.2) is 4.79 Å². The Labute approximate surface area is 207 Å². The van der Waals surface area contributed by atoms with Crippen molar-refractivity contribution < 1.29 is 32.3 Å². The number of amides is 3. The zero-order valence-electron chi connectivity index (χ0n) is 19.7. The fourth-order valence-electron chi connectivity index (χ4n) is 5.75. The molecule has 1 aliphatic carbocycles. The number of alkyl carbamates (subject to hydrolysis) is 1. The predicted molar refractivity (Wildman–Crippen MR) is 123 cm³/mol. The number of thioether (sulfide) groups is 1. The maximum atomic E-state index is 13.1. The summed E-state index contributed by atoms with van der Waals surface area (Å²) in [5.74, 6) is -1.56. The third-order valence-electron chi connectivity index (χ3n) is 7.65. The molecule has 3 aliphatic heterocycles. The van der Waals surface area contributed by atoms with Gasteiger partial charge in [-0.15, -0.1) is 11.8 Å². The molecule has 0 bridgehead atoms. The molecule has 13 heteroatoms. The van der Waals surface area contributed by atoms with Crippen LogP contribution in [-0.4, -0.2) is 84.6 Å². The van der Waals surface area contributed by atoms with E-state index in [2.05, 4.69) is 26.2 Å². The van der Waals surface area contributed by atoms with E-state index in [4.69, 9.17) is 4.74 Å². The lowest BCUT2D eigenvalue weighted by molar-refractivity contribution is -0.185. The molecule has 4 N–H and O–H groups in total. The molecule has 1 saturated carbocycles. The summed E-state index contributed by atoms with van der Waals surface area (Å²) in [7, 11) is 0. The van der Waals surface area contributed by atoms with Gasteiger partial charge in [-0.3, -0.25) is 25.1 Å². The molecule has 4 fully saturated rings. The van der Waals surface area contributed by atoms with Gasteiger partial charge in [-0.1, -0.05) is 0 Å². The van der Waals surface area contributed by atoms with Crippen LogP contribution in [0.1, 0.15) is 39.0 Å². The Kier molecular flexibility index (Phi) is 8.49. The molecule has 198 valence electrons. The first kappa shape index (κ1) is 26.5. The summed E-state index contributed by atoms with van der Waals surface area (Å²) in [6, 6.07) is -0.384. The molecule has 0 radical (unpaired) electrons. The molecular formula is C22H34F3N5O4S. The van der Waals surface area contributed by atoms with Crippen LogP contribution in [0, 0.1) is 17.8 Å². The first-order chi connectivity index (χ1) is 16.7. The smallest absolute Gasteiger partial charge is 0.413 e. The van der Waals surface area contributed by atoms with E-state index in [-0.39, 0.29) is 43.5 Å². The number of hydrogen-bond donors (Lipinski definition) is 4. The average molecular weight is 522 g/mol. The van der Waals surface area contributed by atoms with E-state index in [0.29, 0.717) is 44.6 Å². The molecule has 4 rings (SSSR count). The SMILES string of the molecule is CCOC(=O)NC(=O)C1CCSC1NC(=O)C1CN2C(CN1)NCC2C1CCC(C(F)(F)F)CC1. The quantitative estimate of drug-likeness (QED) is 0.430. The molecule has 5 atom stereocenters. The molecule has 0 spiro atoms. The normalized spacial score (nSPS) is 35.8. The standard InChI is InChI=1S/C22H34F3N5O4S/c1-2-34-21(33)29-18(31)14-7-8-35-20(14)28-19(32)15-11-30-16(9-27-17(30)10-26-15)12-3-5-13(6-4-12)22(23,24)25/h12-17,20,26-27H,2-11H2,1H3,(H,28,32)(H,29,31,33). The number of carbonyl (C=O) groups excluding carboxylic acids is 3. The Hall–Kier alpha value is -1.57. The Morgan fingerprint density at radius 1 is 1.06 bits per heavy atom. The minimum absolute atomic E-state index is 0.0494. The van der Waals surface area contributed by atoms with Crippen molar-refractivity contribution in [2.45, 2.75) is 68.8 Å². The third kappa shape index (κ3) is 6.23. The van der Waals surface area contributed by atoms with Gasteiger partial charge in [-0.05, 0) is 50.7 Å². The van der Waals surface area contributed by atoms with Gasteiger partial charge in [0.25, 0.3) is 0 Å². The Bertz CT molecular complexity index is 796. The van der Waals surface area contributed by atoms with Crippen molar-refractivity contribution in [1.29, 1.82) is 0 Å². The number of nitrogens with one attached hydrogen (secondary N) is 4. The Morgan fingerprint density at radius 2 is 1.80 bits per heavy atom. The fraction of sp³-hybridized carbons (Fsp3) is 0.864.